The summed E-state index contributed by atoms with van der Waals surface area (Å²) in [6.45, 7) is 5.21. The molecule has 9 heteroatoms. The first-order valence-electron chi connectivity index (χ1n) is 9.33. The van der Waals surface area contributed by atoms with Crippen molar-refractivity contribution in [3.63, 3.8) is 0 Å². The van der Waals surface area contributed by atoms with Crippen molar-refractivity contribution in [3.05, 3.63) is 47.7 Å². The van der Waals surface area contributed by atoms with Gasteiger partial charge < -0.3 is 10.2 Å². The van der Waals surface area contributed by atoms with Crippen LogP contribution >= 0.6 is 0 Å². The molecule has 1 aromatic heterocycles. The van der Waals surface area contributed by atoms with E-state index in [1.807, 2.05) is 19.9 Å². The minimum absolute atomic E-state index is 0.00726. The van der Waals surface area contributed by atoms with E-state index in [9.17, 15) is 18.0 Å². The molecule has 29 heavy (non-hydrogen) atoms. The predicted octanol–water partition coefficient (Wildman–Crippen LogP) is 1.99. The first-order valence-corrected chi connectivity index (χ1v) is 10.8. The molecule has 2 amide bonds. The van der Waals surface area contributed by atoms with E-state index in [2.05, 4.69) is 15.0 Å². The minimum Gasteiger partial charge on any atom is -0.310 e. The second-order valence-corrected chi connectivity index (χ2v) is 8.86. The number of nitrogens with one attached hydrogen (secondary N) is 2. The van der Waals surface area contributed by atoms with Crippen LogP contribution in [0.1, 0.15) is 31.4 Å². The van der Waals surface area contributed by atoms with E-state index in [0.29, 0.717) is 12.2 Å². The van der Waals surface area contributed by atoms with E-state index in [-0.39, 0.29) is 35.7 Å². The van der Waals surface area contributed by atoms with Crippen molar-refractivity contribution in [1.29, 1.82) is 0 Å². The number of aromatic nitrogens is 1. The Bertz CT molecular complexity index is 1050. The number of aryl methyl sites for hydroxylation is 1. The quantitative estimate of drug-likeness (QED) is 0.749. The molecular formula is C20H24N4O4S. The van der Waals surface area contributed by atoms with Gasteiger partial charge in [0.25, 0.3) is 0 Å². The van der Waals surface area contributed by atoms with E-state index >= 15 is 0 Å². The van der Waals surface area contributed by atoms with E-state index in [1.165, 1.54) is 13.0 Å². The lowest BCUT2D eigenvalue weighted by Gasteiger charge is -2.20. The lowest BCUT2D eigenvalue weighted by atomic mass is 10.1. The lowest BCUT2D eigenvalue weighted by Crippen LogP contribution is -2.33. The highest BCUT2D eigenvalue weighted by atomic mass is 32.2. The van der Waals surface area contributed by atoms with Crippen LogP contribution in [0.5, 0.6) is 0 Å². The molecule has 2 N–H and O–H groups in total. The number of fused-ring (bicyclic) bond motifs is 1. The van der Waals surface area contributed by atoms with Gasteiger partial charge in [0, 0.05) is 37.8 Å². The summed E-state index contributed by atoms with van der Waals surface area (Å²) in [6, 6.07) is 8.32. The Morgan fingerprint density at radius 2 is 2.03 bits per heavy atom. The molecule has 8 nitrogen and oxygen atoms in total. The molecule has 1 aromatic carbocycles. The van der Waals surface area contributed by atoms with Gasteiger partial charge in [-0.25, -0.2) is 18.1 Å². The summed E-state index contributed by atoms with van der Waals surface area (Å²) in [5.74, 6) is 0.0663. The second-order valence-electron chi connectivity index (χ2n) is 7.10. The summed E-state index contributed by atoms with van der Waals surface area (Å²) < 4.78 is 27.6. The highest BCUT2D eigenvalue weighted by molar-refractivity contribution is 7.89. The van der Waals surface area contributed by atoms with Crippen LogP contribution in [0.3, 0.4) is 0 Å². The van der Waals surface area contributed by atoms with Crippen LogP contribution in [0.2, 0.25) is 0 Å². The lowest BCUT2D eigenvalue weighted by molar-refractivity contribution is -0.117. The Kier molecular flexibility index (Phi) is 5.99. The minimum atomic E-state index is -3.76. The number of carbonyl (C=O) groups is 2. The standard InChI is InChI=1S/C20H24N4O4S/c1-13-5-4-9-21-20(13)23-19(26)8-10-22-29(27,28)17-6-7-18-16(12-17)11-14(2)24(18)15(3)25/h4-7,9,12,14,22H,8,10-11H2,1-3H3,(H,21,23,26). The van der Waals surface area contributed by atoms with Crippen LogP contribution in [0.4, 0.5) is 11.5 Å². The SMILES string of the molecule is CC(=O)N1c2ccc(S(=O)(=O)NCCC(=O)Nc3ncccc3C)cc2CC1C. The highest BCUT2D eigenvalue weighted by Crippen LogP contribution is 2.33. The fourth-order valence-electron chi connectivity index (χ4n) is 3.45. The van der Waals surface area contributed by atoms with Crippen LogP contribution < -0.4 is 14.9 Å². The zero-order chi connectivity index (χ0) is 21.2. The van der Waals surface area contributed by atoms with Gasteiger partial charge in [-0.2, -0.15) is 0 Å². The average Bonchev–Trinajstić information content (AvgIpc) is 2.98. The summed E-state index contributed by atoms with van der Waals surface area (Å²) in [7, 11) is -3.76. The molecule has 0 bridgehead atoms. The van der Waals surface area contributed by atoms with Crippen molar-refractivity contribution in [2.45, 2.75) is 44.6 Å². The zero-order valence-corrected chi connectivity index (χ0v) is 17.4. The van der Waals surface area contributed by atoms with E-state index in [4.69, 9.17) is 0 Å². The summed E-state index contributed by atoms with van der Waals surface area (Å²) in [6.07, 6.45) is 2.16. The van der Waals surface area contributed by atoms with Crippen molar-refractivity contribution in [1.82, 2.24) is 9.71 Å². The number of anilines is 2. The van der Waals surface area contributed by atoms with Gasteiger partial charge in [0.05, 0.1) is 4.90 Å². The van der Waals surface area contributed by atoms with Crippen LogP contribution in [0.15, 0.2) is 41.4 Å². The van der Waals surface area contributed by atoms with Gasteiger partial charge in [-0.1, -0.05) is 6.07 Å². The second kappa shape index (κ2) is 8.30. The third-order valence-corrected chi connectivity index (χ3v) is 6.29. The van der Waals surface area contributed by atoms with Gasteiger partial charge in [0.15, 0.2) is 0 Å². The Labute approximate surface area is 170 Å². The number of carbonyl (C=O) groups excluding carboxylic acids is 2. The molecule has 0 fully saturated rings. The third-order valence-electron chi connectivity index (χ3n) is 4.83. The fourth-order valence-corrected chi connectivity index (χ4v) is 4.53. The highest BCUT2D eigenvalue weighted by Gasteiger charge is 2.30. The van der Waals surface area contributed by atoms with Crippen LogP contribution in [-0.4, -0.2) is 37.8 Å². The molecule has 0 saturated carbocycles. The fraction of sp³-hybridized carbons (Fsp3) is 0.350. The maximum atomic E-state index is 12.6. The number of nitrogens with zero attached hydrogens (tertiary/aromatic N) is 2. The number of pyridine rings is 1. The molecule has 1 unspecified atom stereocenters. The van der Waals surface area contributed by atoms with Gasteiger partial charge >= 0.3 is 0 Å². The first kappa shape index (κ1) is 20.9. The summed E-state index contributed by atoms with van der Waals surface area (Å²) in [5.41, 5.74) is 2.39. The molecule has 2 heterocycles. The van der Waals surface area contributed by atoms with Crippen molar-refractivity contribution in [3.8, 4) is 0 Å². The zero-order valence-electron chi connectivity index (χ0n) is 16.6. The molecule has 1 aliphatic rings. The summed E-state index contributed by atoms with van der Waals surface area (Å²) in [5, 5.41) is 2.67. The van der Waals surface area contributed by atoms with Gasteiger partial charge in [0.2, 0.25) is 21.8 Å². The predicted molar refractivity (Wildman–Crippen MR) is 110 cm³/mol. The monoisotopic (exact) mass is 416 g/mol. The largest absolute Gasteiger partial charge is 0.310 e. The van der Waals surface area contributed by atoms with Gasteiger partial charge in [-0.3, -0.25) is 9.59 Å². The smallest absolute Gasteiger partial charge is 0.240 e. The molecule has 1 aliphatic heterocycles. The Balaban J connectivity index is 1.62. The van der Waals surface area contributed by atoms with Crippen molar-refractivity contribution >= 4 is 33.3 Å². The normalized spacial score (nSPS) is 15.8. The number of rotatable bonds is 6. The maximum Gasteiger partial charge on any atom is 0.240 e. The van der Waals surface area contributed by atoms with E-state index < -0.39 is 10.0 Å². The van der Waals surface area contributed by atoms with Crippen molar-refractivity contribution < 1.29 is 18.0 Å². The first-order chi connectivity index (χ1) is 13.7. The van der Waals surface area contributed by atoms with Crippen molar-refractivity contribution in [2.75, 3.05) is 16.8 Å². The van der Waals surface area contributed by atoms with Gasteiger partial charge in [-0.15, -0.1) is 0 Å². The van der Waals surface area contributed by atoms with Crippen LogP contribution in [0.25, 0.3) is 0 Å². The molecular weight excluding hydrogens is 392 g/mol. The van der Waals surface area contributed by atoms with E-state index in [1.54, 1.807) is 29.3 Å². The number of hydrogen-bond donors (Lipinski definition) is 2. The average molecular weight is 417 g/mol. The Morgan fingerprint density at radius 1 is 1.28 bits per heavy atom. The van der Waals surface area contributed by atoms with E-state index in [0.717, 1.165) is 16.8 Å². The molecule has 154 valence electrons. The summed E-state index contributed by atoms with van der Waals surface area (Å²) in [4.78, 5) is 29.7. The number of hydrogen-bond acceptors (Lipinski definition) is 5. The topological polar surface area (TPSA) is 108 Å². The molecule has 3 rings (SSSR count). The molecule has 2 aromatic rings. The summed E-state index contributed by atoms with van der Waals surface area (Å²) >= 11 is 0. The van der Waals surface area contributed by atoms with Gasteiger partial charge in [-0.05, 0) is 55.7 Å². The number of sulfonamides is 1. The Hall–Kier alpha value is -2.78. The number of benzene rings is 1. The molecule has 0 saturated heterocycles. The molecule has 0 spiro atoms. The third kappa shape index (κ3) is 4.63. The van der Waals surface area contributed by atoms with Gasteiger partial charge in [0.1, 0.15) is 5.82 Å². The number of amides is 2. The van der Waals surface area contributed by atoms with Crippen LogP contribution in [0, 0.1) is 6.92 Å². The molecule has 0 radical (unpaired) electrons. The maximum absolute atomic E-state index is 12.6. The van der Waals surface area contributed by atoms with Crippen molar-refractivity contribution in [2.24, 2.45) is 0 Å². The Morgan fingerprint density at radius 3 is 2.72 bits per heavy atom. The molecule has 0 aliphatic carbocycles. The van der Waals surface area contributed by atoms with Crippen LogP contribution in [-0.2, 0) is 26.0 Å². The molecule has 1 atom stereocenters.